The second-order valence-electron chi connectivity index (χ2n) is 5.73. The quantitative estimate of drug-likeness (QED) is 0.633. The second kappa shape index (κ2) is 4.98. The summed E-state index contributed by atoms with van der Waals surface area (Å²) >= 11 is 1.54. The van der Waals surface area contributed by atoms with E-state index in [1.807, 2.05) is 0 Å². The van der Waals surface area contributed by atoms with Gasteiger partial charge in [0.05, 0.1) is 0 Å². The first-order chi connectivity index (χ1) is 9.90. The first-order valence-corrected chi connectivity index (χ1v) is 7.92. The van der Waals surface area contributed by atoms with Crippen molar-refractivity contribution in [3.8, 4) is 0 Å². The van der Waals surface area contributed by atoms with Crippen molar-refractivity contribution in [2.75, 3.05) is 0 Å². The van der Waals surface area contributed by atoms with Crippen LogP contribution in [-0.4, -0.2) is 24.4 Å². The zero-order valence-corrected chi connectivity index (χ0v) is 13.4. The Morgan fingerprint density at radius 3 is 2.38 bits per heavy atom. The third kappa shape index (κ3) is 2.39. The van der Waals surface area contributed by atoms with Gasteiger partial charge < -0.3 is 0 Å². The van der Waals surface area contributed by atoms with E-state index in [-0.39, 0.29) is 11.2 Å². The van der Waals surface area contributed by atoms with Crippen molar-refractivity contribution in [1.82, 2.24) is 19.1 Å². The van der Waals surface area contributed by atoms with Gasteiger partial charge in [-0.05, 0) is 12.8 Å². The lowest BCUT2D eigenvalue weighted by Crippen LogP contribution is -2.37. The highest BCUT2D eigenvalue weighted by atomic mass is 32.2. The summed E-state index contributed by atoms with van der Waals surface area (Å²) in [5.74, 6) is 1.13. The van der Waals surface area contributed by atoms with Gasteiger partial charge in [0.1, 0.15) is 16.2 Å². The Labute approximate surface area is 126 Å². The first kappa shape index (κ1) is 14.3. The summed E-state index contributed by atoms with van der Waals surface area (Å²) in [5, 5.41) is 1.44. The number of hydrogen-bond donors (Lipinski definition) is 0. The molecule has 3 rings (SSSR count). The van der Waals surface area contributed by atoms with Crippen LogP contribution in [0.3, 0.4) is 0 Å². The van der Waals surface area contributed by atoms with Crippen molar-refractivity contribution < 1.29 is 0 Å². The fourth-order valence-corrected chi connectivity index (χ4v) is 3.17. The molecule has 0 bridgehead atoms. The largest absolute Gasteiger partial charge is 0.332 e. The summed E-state index contributed by atoms with van der Waals surface area (Å²) in [6.45, 7) is 4.11. The van der Waals surface area contributed by atoms with E-state index in [0.717, 1.165) is 23.2 Å². The molecule has 0 spiro atoms. The molecule has 0 aromatic carbocycles. The van der Waals surface area contributed by atoms with Gasteiger partial charge >= 0.3 is 5.69 Å². The van der Waals surface area contributed by atoms with Crippen LogP contribution in [0.25, 0.3) is 11.0 Å². The molecule has 0 N–H and O–H groups in total. The number of hydrogen-bond acceptors (Lipinski definition) is 5. The van der Waals surface area contributed by atoms with Crippen LogP contribution in [0, 0.1) is 0 Å². The number of thioether (sulfide) groups is 1. The summed E-state index contributed by atoms with van der Waals surface area (Å²) in [5.41, 5.74) is -0.227. The lowest BCUT2D eigenvalue weighted by atomic mass is 10.3. The van der Waals surface area contributed by atoms with Gasteiger partial charge in [-0.2, -0.15) is 0 Å². The molecule has 1 saturated carbocycles. The molecule has 0 aliphatic heterocycles. The third-order valence-corrected chi connectivity index (χ3v) is 4.56. The Hall–Kier alpha value is -1.63. The molecule has 2 aromatic rings. The Balaban J connectivity index is 2.41. The number of rotatable bonds is 3. The number of aryl methyl sites for hydroxylation is 1. The molecule has 21 heavy (non-hydrogen) atoms. The molecule has 0 saturated heterocycles. The Kier molecular flexibility index (Phi) is 3.39. The van der Waals surface area contributed by atoms with Gasteiger partial charge in [0.2, 0.25) is 0 Å². The molecular weight excluding hydrogens is 288 g/mol. The molecular formula is C14H18N4O2S. The van der Waals surface area contributed by atoms with Gasteiger partial charge in [0.25, 0.3) is 5.56 Å². The zero-order valence-electron chi connectivity index (χ0n) is 12.6. The van der Waals surface area contributed by atoms with Gasteiger partial charge in [-0.15, -0.1) is 11.8 Å². The lowest BCUT2D eigenvalue weighted by Gasteiger charge is -2.12. The summed E-state index contributed by atoms with van der Waals surface area (Å²) in [6.07, 6.45) is 2.16. The van der Waals surface area contributed by atoms with Gasteiger partial charge in [-0.3, -0.25) is 13.9 Å². The molecule has 6 nitrogen and oxygen atoms in total. The fraction of sp³-hybridized carbons (Fsp3) is 0.571. The Morgan fingerprint density at radius 1 is 1.14 bits per heavy atom. The van der Waals surface area contributed by atoms with Crippen LogP contribution < -0.4 is 11.2 Å². The smallest absolute Gasteiger partial charge is 0.280 e. The van der Waals surface area contributed by atoms with Gasteiger partial charge in [-0.1, -0.05) is 13.8 Å². The van der Waals surface area contributed by atoms with Crippen LogP contribution in [0.2, 0.25) is 0 Å². The predicted molar refractivity (Wildman–Crippen MR) is 83.0 cm³/mol. The SMILES string of the molecule is CC(C)Sc1nc(C2CC2)nc2c1c(=O)n(C)c(=O)n2C. The molecule has 0 radical (unpaired) electrons. The molecule has 112 valence electrons. The van der Waals surface area contributed by atoms with Crippen LogP contribution in [0.4, 0.5) is 0 Å². The maximum absolute atomic E-state index is 12.5. The van der Waals surface area contributed by atoms with Crippen molar-refractivity contribution in [2.45, 2.75) is 42.9 Å². The highest BCUT2D eigenvalue weighted by molar-refractivity contribution is 8.00. The van der Waals surface area contributed by atoms with E-state index < -0.39 is 0 Å². The predicted octanol–water partition coefficient (Wildman–Crippen LogP) is 1.41. The van der Waals surface area contributed by atoms with Crippen molar-refractivity contribution >= 4 is 22.8 Å². The molecule has 1 aliphatic carbocycles. The standard InChI is InChI=1S/C14H18N4O2S/c1-7(2)21-12-9-11(15-10(16-12)8-5-6-8)17(3)14(20)18(4)13(9)19/h7-8H,5-6H2,1-4H3. The van der Waals surface area contributed by atoms with E-state index in [9.17, 15) is 9.59 Å². The normalized spacial score (nSPS) is 15.1. The third-order valence-electron chi connectivity index (χ3n) is 3.57. The average Bonchev–Trinajstić information content (AvgIpc) is 3.26. The second-order valence-corrected chi connectivity index (χ2v) is 7.30. The van der Waals surface area contributed by atoms with Gasteiger partial charge in [0, 0.05) is 25.3 Å². The van der Waals surface area contributed by atoms with E-state index in [1.165, 1.54) is 11.6 Å². The highest BCUT2D eigenvalue weighted by Crippen LogP contribution is 2.39. The van der Waals surface area contributed by atoms with E-state index in [0.29, 0.717) is 27.2 Å². The Bertz CT molecular complexity index is 833. The number of aromatic nitrogens is 4. The summed E-state index contributed by atoms with van der Waals surface area (Å²) in [6, 6.07) is 0. The van der Waals surface area contributed by atoms with Gasteiger partial charge in [-0.25, -0.2) is 14.8 Å². The monoisotopic (exact) mass is 306 g/mol. The molecule has 0 amide bonds. The fourth-order valence-electron chi connectivity index (χ4n) is 2.28. The van der Waals surface area contributed by atoms with Gasteiger partial charge in [0.15, 0.2) is 5.65 Å². The van der Waals surface area contributed by atoms with Crippen LogP contribution >= 0.6 is 11.8 Å². The van der Waals surface area contributed by atoms with Crippen molar-refractivity contribution in [3.05, 3.63) is 26.7 Å². The molecule has 1 aliphatic rings. The maximum Gasteiger partial charge on any atom is 0.332 e. The first-order valence-electron chi connectivity index (χ1n) is 7.04. The Morgan fingerprint density at radius 2 is 1.81 bits per heavy atom. The van der Waals surface area contributed by atoms with Crippen molar-refractivity contribution in [1.29, 1.82) is 0 Å². The minimum atomic E-state index is -0.353. The van der Waals surface area contributed by atoms with Crippen LogP contribution in [0.5, 0.6) is 0 Å². The van der Waals surface area contributed by atoms with Crippen molar-refractivity contribution in [3.63, 3.8) is 0 Å². The summed E-state index contributed by atoms with van der Waals surface area (Å²) < 4.78 is 2.56. The molecule has 7 heteroatoms. The van der Waals surface area contributed by atoms with Crippen LogP contribution in [0.15, 0.2) is 14.6 Å². The molecule has 0 unspecified atom stereocenters. The highest BCUT2D eigenvalue weighted by Gasteiger charge is 2.29. The topological polar surface area (TPSA) is 69.8 Å². The van der Waals surface area contributed by atoms with Crippen molar-refractivity contribution in [2.24, 2.45) is 14.1 Å². The van der Waals surface area contributed by atoms with Crippen LogP contribution in [0.1, 0.15) is 38.4 Å². The lowest BCUT2D eigenvalue weighted by molar-refractivity contribution is 0.698. The average molecular weight is 306 g/mol. The van der Waals surface area contributed by atoms with E-state index in [4.69, 9.17) is 0 Å². The summed E-state index contributed by atoms with van der Waals surface area (Å²) in [7, 11) is 3.14. The summed E-state index contributed by atoms with van der Waals surface area (Å²) in [4.78, 5) is 33.6. The van der Waals surface area contributed by atoms with E-state index >= 15 is 0 Å². The van der Waals surface area contributed by atoms with Crippen LogP contribution in [-0.2, 0) is 14.1 Å². The minimum Gasteiger partial charge on any atom is -0.280 e. The molecule has 2 heterocycles. The molecule has 2 aromatic heterocycles. The number of nitrogens with zero attached hydrogens (tertiary/aromatic N) is 4. The minimum absolute atomic E-state index is 0.303. The number of fused-ring (bicyclic) bond motifs is 1. The molecule has 1 fully saturated rings. The molecule has 0 atom stereocenters. The van der Waals surface area contributed by atoms with E-state index in [2.05, 4.69) is 23.8 Å². The van der Waals surface area contributed by atoms with E-state index in [1.54, 1.807) is 18.8 Å². The maximum atomic E-state index is 12.5. The zero-order chi connectivity index (χ0) is 15.3.